The average molecular weight is 1010 g/mol. The summed E-state index contributed by atoms with van der Waals surface area (Å²) in [5.41, 5.74) is -15.7. The molecule has 0 atom stereocenters. The van der Waals surface area contributed by atoms with Crippen LogP contribution in [0.5, 0.6) is 0 Å². The Labute approximate surface area is 485 Å². The third-order valence-corrected chi connectivity index (χ3v) is 14.2. The van der Waals surface area contributed by atoms with E-state index in [1.54, 1.807) is 41.5 Å². The van der Waals surface area contributed by atoms with E-state index in [9.17, 15) is 38.2 Å². The molecule has 0 unspecified atom stereocenters. The lowest BCUT2D eigenvalue weighted by Gasteiger charge is -2.46. The van der Waals surface area contributed by atoms with Crippen LogP contribution in [0.15, 0.2) is 198 Å². The van der Waals surface area contributed by atoms with Gasteiger partial charge in [-0.25, -0.2) is 0 Å². The molecule has 0 amide bonds. The molecule has 7 heteroatoms. The normalized spacial score (nSPS) is 19.5. The Morgan fingerprint density at radius 3 is 1.83 bits per heavy atom. The molecule has 10 aromatic carbocycles. The second kappa shape index (κ2) is 15.0. The van der Waals surface area contributed by atoms with Crippen molar-refractivity contribution in [3.05, 3.63) is 210 Å². The minimum absolute atomic E-state index is 0.0301. The van der Waals surface area contributed by atoms with Crippen molar-refractivity contribution in [1.29, 1.82) is 5.26 Å². The maximum Gasteiger partial charge on any atom is 0.252 e. The highest BCUT2D eigenvalue weighted by Crippen LogP contribution is 2.53. The first-order valence-electron chi connectivity index (χ1n) is 39.9. The second-order valence-electron chi connectivity index (χ2n) is 20.7. The van der Waals surface area contributed by atoms with Gasteiger partial charge < -0.3 is 23.4 Å². The quantitative estimate of drug-likeness (QED) is 0.166. The van der Waals surface area contributed by atoms with Gasteiger partial charge in [-0.3, -0.25) is 0 Å². The number of hydrogen-bond donors (Lipinski definition) is 0. The molecule has 360 valence electrons. The van der Waals surface area contributed by atoms with Gasteiger partial charge in [-0.05, 0) is 129 Å². The number of anilines is 6. The van der Waals surface area contributed by atoms with E-state index < -0.39 is 344 Å². The zero-order valence-corrected chi connectivity index (χ0v) is 40.7. The molecule has 3 aliphatic heterocycles. The minimum atomic E-state index is -2.14. The van der Waals surface area contributed by atoms with E-state index in [2.05, 4.69) is 0 Å². The second-order valence-corrected chi connectivity index (χ2v) is 20.7. The van der Waals surface area contributed by atoms with Crippen LogP contribution in [0.25, 0.3) is 88.1 Å². The van der Waals surface area contributed by atoms with Crippen LogP contribution in [0.2, 0.25) is 0 Å². The molecule has 0 N–H and O–H groups in total. The summed E-state index contributed by atoms with van der Waals surface area (Å²) < 4.78 is 319. The van der Waals surface area contributed by atoms with Crippen molar-refractivity contribution in [2.45, 2.75) is 52.4 Å². The summed E-state index contributed by atoms with van der Waals surface area (Å²) >= 11 is 0. The van der Waals surface area contributed by atoms with Gasteiger partial charge in [-0.2, -0.15) is 5.26 Å². The molecule has 6 heterocycles. The lowest BCUT2D eigenvalue weighted by atomic mass is 9.33. The summed E-state index contributed by atoms with van der Waals surface area (Å²) in [5.74, 6) is 0. The third-order valence-electron chi connectivity index (χ3n) is 14.2. The lowest BCUT2D eigenvalue weighted by Crippen LogP contribution is -2.61. The summed E-state index contributed by atoms with van der Waals surface area (Å²) in [4.78, 5) is 1.71. The van der Waals surface area contributed by atoms with Crippen LogP contribution in [-0.2, 0) is 10.8 Å². The molecule has 13 aromatic rings. The summed E-state index contributed by atoms with van der Waals surface area (Å²) in [6.45, 7) is 7.84. The summed E-state index contributed by atoms with van der Waals surface area (Å²) in [6.07, 6.45) is 0. The zero-order valence-electron chi connectivity index (χ0n) is 72.7. The molecule has 0 fully saturated rings. The first-order valence-corrected chi connectivity index (χ1v) is 23.9. The fourth-order valence-corrected chi connectivity index (χ4v) is 10.8. The molecule has 76 heavy (non-hydrogen) atoms. The zero-order chi connectivity index (χ0) is 78.9. The molecule has 0 saturated carbocycles. The van der Waals surface area contributed by atoms with E-state index in [0.717, 1.165) is 14.0 Å². The molecule has 0 radical (unpaired) electrons. The van der Waals surface area contributed by atoms with Crippen LogP contribution < -0.4 is 26.2 Å². The van der Waals surface area contributed by atoms with Gasteiger partial charge in [-0.1, -0.05) is 150 Å². The van der Waals surface area contributed by atoms with E-state index in [4.69, 9.17) is 15.4 Å². The smallest absolute Gasteiger partial charge is 0.252 e. The van der Waals surface area contributed by atoms with Gasteiger partial charge >= 0.3 is 0 Å². The van der Waals surface area contributed by atoms with Crippen molar-refractivity contribution in [2.75, 3.05) is 9.80 Å². The van der Waals surface area contributed by atoms with Crippen molar-refractivity contribution in [1.82, 2.24) is 9.13 Å². The van der Waals surface area contributed by atoms with Gasteiger partial charge in [0.1, 0.15) is 11.2 Å². The highest BCUT2D eigenvalue weighted by Gasteiger charge is 2.46. The molecule has 0 saturated heterocycles. The molecule has 0 aliphatic carbocycles. The van der Waals surface area contributed by atoms with Crippen molar-refractivity contribution < 1.29 is 48.3 Å². The number of hydrogen-bond acceptors (Lipinski definition) is 4. The number of nitriles is 1. The predicted octanol–water partition coefficient (Wildman–Crippen LogP) is 16.3. The summed E-state index contributed by atoms with van der Waals surface area (Å²) in [5, 5.41) is 9.20. The van der Waals surface area contributed by atoms with E-state index in [1.807, 2.05) is 6.07 Å². The van der Waals surface area contributed by atoms with Crippen molar-refractivity contribution in [3.63, 3.8) is 0 Å². The molecule has 16 rings (SSSR count). The Hall–Kier alpha value is -9.25. The van der Waals surface area contributed by atoms with Crippen molar-refractivity contribution in [2.24, 2.45) is 0 Å². The van der Waals surface area contributed by atoms with Crippen LogP contribution >= 0.6 is 0 Å². The fourth-order valence-electron chi connectivity index (χ4n) is 10.8. The van der Waals surface area contributed by atoms with Crippen molar-refractivity contribution >= 4 is 123 Å². The lowest BCUT2D eigenvalue weighted by molar-refractivity contribution is 0.590. The fraction of sp³-hybridized carbons (Fsp3) is 0.116. The van der Waals surface area contributed by atoms with Crippen LogP contribution in [-0.4, -0.2) is 15.8 Å². The van der Waals surface area contributed by atoms with Crippen LogP contribution in [0.3, 0.4) is 0 Å². The number of para-hydroxylation sites is 5. The van der Waals surface area contributed by atoms with Crippen LogP contribution in [0.4, 0.5) is 34.1 Å². The Kier molecular flexibility index (Phi) is 4.39. The molecule has 0 bridgehead atoms. The van der Waals surface area contributed by atoms with E-state index in [1.165, 1.54) is 0 Å². The Morgan fingerprint density at radius 1 is 0.474 bits per heavy atom. The van der Waals surface area contributed by atoms with Gasteiger partial charge in [0.15, 0.2) is 0 Å². The highest BCUT2D eigenvalue weighted by atomic mass is 16.3. The number of rotatable bonds is 3. The number of aromatic nitrogens is 2. The van der Waals surface area contributed by atoms with Crippen molar-refractivity contribution in [3.8, 4) is 28.6 Å². The first-order chi connectivity index (χ1) is 50.3. The monoisotopic (exact) mass is 1010 g/mol. The maximum absolute atomic E-state index is 11.6. The van der Waals surface area contributed by atoms with Crippen LogP contribution in [0, 0.1) is 11.3 Å². The molecule has 3 aromatic heterocycles. The molecule has 3 aliphatic rings. The third kappa shape index (κ3) is 5.76. The molecule has 6 nitrogen and oxygen atoms in total. The van der Waals surface area contributed by atoms with E-state index in [0.29, 0.717) is 4.90 Å². The minimum Gasteiger partial charge on any atom is -0.455 e. The average Bonchev–Trinajstić information content (AvgIpc) is 1.15. The van der Waals surface area contributed by atoms with Gasteiger partial charge in [0.05, 0.1) is 94.6 Å². The van der Waals surface area contributed by atoms with Crippen LogP contribution in [0.1, 0.15) is 102 Å². The van der Waals surface area contributed by atoms with E-state index in [-0.39, 0.29) is 21.9 Å². The highest BCUT2D eigenvalue weighted by molar-refractivity contribution is 7.00. The summed E-state index contributed by atoms with van der Waals surface area (Å²) in [7, 11) is 0. The predicted molar refractivity (Wildman–Crippen MR) is 318 cm³/mol. The standard InChI is InChI=1S/C69H50BN5O/c1-68(2,3)42-26-32-56-51(36-42)52-37-43(69(4,5)6)27-33-57(52)73(56)45-30-31-53-60(38-45)72(44-28-24-41(25-29-44)46-16-11-18-50-48-15-8-10-23-63(48)76-67(46)50)61-34-40(39-71)35-62-64(61)70(53)54-19-13-22-59-66(54)75(62)58-21-12-17-49-47-14-7-9-20-55(47)74(59)65(49)58/h7-38H,1-6H3/i7D,8D,9D,10D,11D,12D,13D,14D,15D,16D,17D,18D,19D,20D,21D,22D,23D,24D,25D,26D,27D,28D,29D,30D,31D,32D,33D,34D,35D,36D,37D,38D. The summed E-state index contributed by atoms with van der Waals surface area (Å²) in [6, 6.07) is -26.1. The van der Waals surface area contributed by atoms with Gasteiger partial charge in [0, 0.05) is 66.3 Å². The Bertz CT molecular complexity index is 6600. The Balaban J connectivity index is 1.15. The molecular formula is C69H50BN5O. The van der Waals surface area contributed by atoms with E-state index >= 15 is 0 Å². The SMILES string of the molecule is [2H]c1c([2H])c2c3c(c1[2H])-n1c4c([2H])c([2H])c([2H])c([2H])c4c4c([2H])c([2H])c([2H])c(c41)N3c1c([2H])c(C#N)c([2H])c3c1B2c1c([2H])c([2H])c(-n2c4c([2H])c([2H])c(C(C)(C)C)c([2H])c4c4c([2H])c(C(C)(C)C)c([2H])c([2H])c42)c([2H])c1N3c1c([2H])c([2H])c(-c2c([2H])c([2H])c([2H])c3c2oc2c([2H])c([2H])c([2H])c([2H])c23)c([2H])c1[2H]. The topological polar surface area (TPSA) is 53.3 Å². The maximum atomic E-state index is 11.6. The van der Waals surface area contributed by atoms with Gasteiger partial charge in [0.25, 0.3) is 6.71 Å². The van der Waals surface area contributed by atoms with Gasteiger partial charge in [-0.15, -0.1) is 0 Å². The molecular weight excluding hydrogens is 926 g/mol. The first kappa shape index (κ1) is 22.3. The number of furan rings is 1. The Morgan fingerprint density at radius 2 is 1.09 bits per heavy atom. The number of nitrogens with zero attached hydrogens (tertiary/aromatic N) is 5. The molecule has 0 spiro atoms. The number of benzene rings is 10. The largest absolute Gasteiger partial charge is 0.455 e. The number of fused-ring (bicyclic) bond motifs is 15. The van der Waals surface area contributed by atoms with Gasteiger partial charge in [0.2, 0.25) is 0 Å².